The van der Waals surface area contributed by atoms with E-state index in [1.54, 1.807) is 12.1 Å². The Hall–Kier alpha value is -1.83. The summed E-state index contributed by atoms with van der Waals surface area (Å²) in [6.45, 7) is 2.40. The summed E-state index contributed by atoms with van der Waals surface area (Å²) in [7, 11) is 1.27. The molecule has 0 radical (unpaired) electrons. The van der Waals surface area contributed by atoms with Crippen LogP contribution in [0.3, 0.4) is 0 Å². The van der Waals surface area contributed by atoms with Crippen molar-refractivity contribution >= 4 is 44.1 Å². The van der Waals surface area contributed by atoms with E-state index in [2.05, 4.69) is 40.0 Å². The molecule has 0 fully saturated rings. The summed E-state index contributed by atoms with van der Waals surface area (Å²) in [4.78, 5) is 11.6. The minimum Gasteiger partial charge on any atom is -0.489 e. The molecule has 0 bridgehead atoms. The summed E-state index contributed by atoms with van der Waals surface area (Å²) in [5.74, 6) is 0.114. The first-order chi connectivity index (χ1) is 11.0. The maximum Gasteiger partial charge on any atom is 0.356 e. The quantitative estimate of drug-likeness (QED) is 0.338. The molecule has 0 spiro atoms. The zero-order valence-corrected chi connectivity index (χ0v) is 15.2. The Morgan fingerprint density at radius 2 is 1.96 bits per heavy atom. The van der Waals surface area contributed by atoms with Gasteiger partial charge in [-0.2, -0.15) is 0 Å². The van der Waals surface area contributed by atoms with Crippen molar-refractivity contribution in [2.24, 2.45) is 0 Å². The molecule has 6 heteroatoms. The van der Waals surface area contributed by atoms with Crippen LogP contribution in [0.15, 0.2) is 48.5 Å². The van der Waals surface area contributed by atoms with Crippen LogP contribution in [0.1, 0.15) is 11.1 Å². The SMILES string of the molecule is COC(=O)C(=N)c1ccccc1COc1cccc(B(C)I)c1. The van der Waals surface area contributed by atoms with Crippen molar-refractivity contribution in [1.82, 2.24) is 0 Å². The highest BCUT2D eigenvalue weighted by Gasteiger charge is 2.16. The van der Waals surface area contributed by atoms with Crippen LogP contribution in [0.4, 0.5) is 0 Å². The zero-order valence-electron chi connectivity index (χ0n) is 13.0. The van der Waals surface area contributed by atoms with Crippen molar-refractivity contribution in [3.05, 3.63) is 59.7 Å². The number of carbonyl (C=O) groups is 1. The predicted molar refractivity (Wildman–Crippen MR) is 101 cm³/mol. The fourth-order valence-corrected chi connectivity index (χ4v) is 2.50. The van der Waals surface area contributed by atoms with Crippen molar-refractivity contribution in [2.45, 2.75) is 13.4 Å². The smallest absolute Gasteiger partial charge is 0.356 e. The first-order valence-corrected chi connectivity index (χ1v) is 8.39. The fraction of sp³-hybridized carbons (Fsp3) is 0.176. The van der Waals surface area contributed by atoms with Crippen molar-refractivity contribution in [1.29, 1.82) is 5.41 Å². The number of esters is 1. The Morgan fingerprint density at radius 1 is 1.22 bits per heavy atom. The molecule has 2 aromatic carbocycles. The highest BCUT2D eigenvalue weighted by atomic mass is 127. The average molecular weight is 421 g/mol. The highest BCUT2D eigenvalue weighted by Crippen LogP contribution is 2.16. The Balaban J connectivity index is 2.17. The van der Waals surface area contributed by atoms with Crippen molar-refractivity contribution < 1.29 is 14.3 Å². The summed E-state index contributed by atoms with van der Waals surface area (Å²) in [5.41, 5.74) is 2.33. The van der Waals surface area contributed by atoms with Crippen LogP contribution in [0.25, 0.3) is 0 Å². The molecule has 0 amide bonds. The first-order valence-electron chi connectivity index (χ1n) is 7.15. The van der Waals surface area contributed by atoms with Gasteiger partial charge in [0, 0.05) is 5.56 Å². The minimum absolute atomic E-state index is 0.165. The Bertz CT molecular complexity index is 718. The molecule has 0 saturated carbocycles. The molecule has 0 aliphatic heterocycles. The molecule has 23 heavy (non-hydrogen) atoms. The third-order valence-electron chi connectivity index (χ3n) is 3.39. The van der Waals surface area contributed by atoms with Gasteiger partial charge >= 0.3 is 5.97 Å². The minimum atomic E-state index is -0.654. The van der Waals surface area contributed by atoms with Gasteiger partial charge in [-0.1, -0.05) is 48.7 Å². The molecule has 118 valence electrons. The average Bonchev–Trinajstić information content (AvgIpc) is 2.59. The Morgan fingerprint density at radius 3 is 2.65 bits per heavy atom. The third kappa shape index (κ3) is 4.57. The van der Waals surface area contributed by atoms with Crippen LogP contribution in [-0.2, 0) is 16.1 Å². The van der Waals surface area contributed by atoms with Gasteiger partial charge in [0.1, 0.15) is 18.1 Å². The van der Waals surface area contributed by atoms with Crippen molar-refractivity contribution in [3.8, 4) is 5.75 Å². The topological polar surface area (TPSA) is 59.4 Å². The lowest BCUT2D eigenvalue weighted by Crippen LogP contribution is -2.19. The molecule has 2 aromatic rings. The molecule has 2 rings (SSSR count). The van der Waals surface area contributed by atoms with E-state index in [0.717, 1.165) is 11.3 Å². The van der Waals surface area contributed by atoms with Crippen LogP contribution in [0.2, 0.25) is 6.82 Å². The number of hydrogen-bond acceptors (Lipinski definition) is 4. The summed E-state index contributed by atoms with van der Waals surface area (Å²) >= 11 is 2.36. The largest absolute Gasteiger partial charge is 0.489 e. The molecule has 0 unspecified atom stereocenters. The molecule has 0 heterocycles. The van der Waals surface area contributed by atoms with Crippen LogP contribution >= 0.6 is 22.4 Å². The van der Waals surface area contributed by atoms with Gasteiger partial charge in [-0.15, -0.1) is 22.4 Å². The molecule has 1 N–H and O–H groups in total. The van der Waals surface area contributed by atoms with E-state index in [-0.39, 0.29) is 12.3 Å². The molecule has 0 aliphatic carbocycles. The number of methoxy groups -OCH3 is 1. The van der Waals surface area contributed by atoms with Crippen LogP contribution < -0.4 is 10.2 Å². The maximum atomic E-state index is 11.6. The second-order valence-electron chi connectivity index (χ2n) is 5.00. The first kappa shape index (κ1) is 17.5. The second kappa shape index (κ2) is 8.15. The summed E-state index contributed by atoms with van der Waals surface area (Å²) < 4.78 is 10.9. The number of carbonyl (C=O) groups excluding carboxylic acids is 1. The third-order valence-corrected chi connectivity index (χ3v) is 4.11. The van der Waals surface area contributed by atoms with Crippen LogP contribution in [0, 0.1) is 5.41 Å². The number of halogens is 1. The Labute approximate surface area is 149 Å². The lowest BCUT2D eigenvalue weighted by atomic mass is 9.73. The molecule has 0 aromatic heterocycles. The van der Waals surface area contributed by atoms with Gasteiger partial charge in [-0.25, -0.2) is 4.79 Å². The number of nitrogens with one attached hydrogen (secondary N) is 1. The van der Waals surface area contributed by atoms with E-state index >= 15 is 0 Å². The van der Waals surface area contributed by atoms with E-state index in [1.807, 2.05) is 30.3 Å². The predicted octanol–water partition coefficient (Wildman–Crippen LogP) is 3.07. The van der Waals surface area contributed by atoms with Gasteiger partial charge in [-0.05, 0) is 17.7 Å². The summed E-state index contributed by atoms with van der Waals surface area (Å²) in [6.07, 6.45) is 0. The lowest BCUT2D eigenvalue weighted by molar-refractivity contribution is -0.132. The van der Waals surface area contributed by atoms with Crippen LogP contribution in [-0.4, -0.2) is 23.4 Å². The highest BCUT2D eigenvalue weighted by molar-refractivity contribution is 14.1. The van der Waals surface area contributed by atoms with Gasteiger partial charge in [0.2, 0.25) is 4.57 Å². The molecule has 4 nitrogen and oxygen atoms in total. The normalized spacial score (nSPS) is 10.0. The van der Waals surface area contributed by atoms with Crippen molar-refractivity contribution in [2.75, 3.05) is 7.11 Å². The number of rotatable bonds is 6. The molecule has 0 saturated heterocycles. The van der Waals surface area contributed by atoms with E-state index in [1.165, 1.54) is 12.6 Å². The molecule has 0 atom stereocenters. The second-order valence-corrected chi connectivity index (χ2v) is 6.87. The monoisotopic (exact) mass is 421 g/mol. The van der Waals surface area contributed by atoms with Crippen molar-refractivity contribution in [3.63, 3.8) is 0 Å². The van der Waals surface area contributed by atoms with E-state index in [0.29, 0.717) is 10.1 Å². The number of hydrogen-bond donors (Lipinski definition) is 1. The summed E-state index contributed by atoms with van der Waals surface area (Å²) in [6, 6.07) is 15.1. The van der Waals surface area contributed by atoms with Gasteiger partial charge in [0.15, 0.2) is 0 Å². The number of ether oxygens (including phenoxy) is 2. The van der Waals surface area contributed by atoms with Gasteiger partial charge in [0.25, 0.3) is 0 Å². The summed E-state index contributed by atoms with van der Waals surface area (Å²) in [5, 5.41) is 7.92. The number of benzene rings is 2. The molecule has 0 aliphatic rings. The van der Waals surface area contributed by atoms with E-state index in [4.69, 9.17) is 10.1 Å². The van der Waals surface area contributed by atoms with Crippen LogP contribution in [0.5, 0.6) is 5.75 Å². The maximum absolute atomic E-state index is 11.6. The van der Waals surface area contributed by atoms with E-state index < -0.39 is 5.97 Å². The molecular weight excluding hydrogens is 404 g/mol. The van der Waals surface area contributed by atoms with Gasteiger partial charge < -0.3 is 9.47 Å². The van der Waals surface area contributed by atoms with Gasteiger partial charge in [-0.3, -0.25) is 5.41 Å². The van der Waals surface area contributed by atoms with E-state index in [9.17, 15) is 4.79 Å². The Kier molecular flexibility index (Phi) is 6.21. The standard InChI is InChI=1S/C17H17BINO3/c1-18(19)13-7-5-8-14(10-13)23-11-12-6-3-4-9-15(12)16(20)17(21)22-2/h3-10,20H,11H2,1-2H3. The van der Waals surface area contributed by atoms with Gasteiger partial charge in [0.05, 0.1) is 7.11 Å². The zero-order chi connectivity index (χ0) is 16.8. The molecular formula is C17H17BINO3. The lowest BCUT2D eigenvalue weighted by Gasteiger charge is -2.12. The fourth-order valence-electron chi connectivity index (χ4n) is 2.11.